The average Bonchev–Trinajstić information content (AvgIpc) is 2.67. The monoisotopic (exact) mass is 319 g/mol. The molecule has 1 atom stereocenters. The van der Waals surface area contributed by atoms with Crippen LogP contribution in [0.4, 0.5) is 0 Å². The first-order chi connectivity index (χ1) is 8.39. The van der Waals surface area contributed by atoms with Gasteiger partial charge in [0.1, 0.15) is 0 Å². The zero-order valence-electron chi connectivity index (χ0n) is 12.7. The van der Waals surface area contributed by atoms with Crippen molar-refractivity contribution in [3.05, 3.63) is 0 Å². The molecule has 0 aromatic heterocycles. The second kappa shape index (κ2) is 7.86. The maximum Gasteiger partial charge on any atom is 0.0910 e. The lowest BCUT2D eigenvalue weighted by Gasteiger charge is -2.34. The zero-order chi connectivity index (χ0) is 13.6. The van der Waals surface area contributed by atoms with Crippen molar-refractivity contribution in [3.8, 4) is 0 Å². The van der Waals surface area contributed by atoms with E-state index < -0.39 is 0 Å². The summed E-state index contributed by atoms with van der Waals surface area (Å²) in [4.78, 5) is 0.639. The first-order valence-corrected chi connectivity index (χ1v) is 8.50. The number of hydrogen-bond acceptors (Lipinski definition) is 1. The molecule has 0 aliphatic heterocycles. The Hall–Kier alpha value is 0.400. The number of alkyl halides is 1. The Morgan fingerprint density at radius 2 is 1.83 bits per heavy atom. The van der Waals surface area contributed by atoms with Crippen molar-refractivity contribution in [1.82, 2.24) is 5.32 Å². The van der Waals surface area contributed by atoms with Gasteiger partial charge in [-0.1, -0.05) is 42.6 Å². The van der Waals surface area contributed by atoms with Crippen LogP contribution in [0.3, 0.4) is 0 Å². The Morgan fingerprint density at radius 1 is 1.22 bits per heavy atom. The van der Waals surface area contributed by atoms with E-state index in [0.717, 1.165) is 12.5 Å². The number of halogens is 1. The van der Waals surface area contributed by atoms with E-state index in [9.17, 15) is 0 Å². The molecule has 0 aromatic rings. The van der Waals surface area contributed by atoms with E-state index in [1.807, 2.05) is 0 Å². The summed E-state index contributed by atoms with van der Waals surface area (Å²) >= 11 is 3.86. The molecule has 1 saturated carbocycles. The second-order valence-corrected chi connectivity index (χ2v) is 8.24. The lowest BCUT2D eigenvalue weighted by Crippen LogP contribution is -2.47. The Labute approximate surface area is 122 Å². The summed E-state index contributed by atoms with van der Waals surface area (Å²) in [6.45, 7) is 8.15. The molecule has 108 valence electrons. The molecule has 1 N–H and O–H groups in total. The van der Waals surface area contributed by atoms with Gasteiger partial charge in [0.25, 0.3) is 0 Å². The minimum Gasteiger partial charge on any atom is -0.327 e. The van der Waals surface area contributed by atoms with Gasteiger partial charge in [0.05, 0.1) is 32.0 Å². The van der Waals surface area contributed by atoms with E-state index in [1.165, 1.54) is 49.7 Å². The predicted octanol–water partition coefficient (Wildman–Crippen LogP) is 3.40. The fourth-order valence-corrected chi connectivity index (χ4v) is 4.14. The molecule has 1 aliphatic rings. The van der Waals surface area contributed by atoms with Gasteiger partial charge in [0.15, 0.2) is 0 Å². The molecule has 0 amide bonds. The van der Waals surface area contributed by atoms with Crippen LogP contribution in [0.1, 0.15) is 46.0 Å². The maximum atomic E-state index is 3.86. The number of rotatable bonds is 8. The first kappa shape index (κ1) is 16.5. The molecule has 1 rings (SSSR count). The Morgan fingerprint density at radius 3 is 2.39 bits per heavy atom. The fraction of sp³-hybridized carbons (Fsp3) is 1.00. The van der Waals surface area contributed by atoms with Gasteiger partial charge in [-0.25, -0.2) is 0 Å². The maximum absolute atomic E-state index is 3.86. The van der Waals surface area contributed by atoms with E-state index in [-0.39, 0.29) is 0 Å². The van der Waals surface area contributed by atoms with Crippen molar-refractivity contribution in [2.75, 3.05) is 33.7 Å². The van der Waals surface area contributed by atoms with Crippen molar-refractivity contribution in [1.29, 1.82) is 0 Å². The quantitative estimate of drug-likeness (QED) is 0.534. The van der Waals surface area contributed by atoms with Crippen LogP contribution in [-0.2, 0) is 0 Å². The Kier molecular flexibility index (Phi) is 7.19. The molecule has 1 fully saturated rings. The SMILES string of the molecule is CC(C)NCCC(Br)C[N+](C)(C)CC1CCCC1. The summed E-state index contributed by atoms with van der Waals surface area (Å²) in [6.07, 6.45) is 7.07. The average molecular weight is 320 g/mol. The molecule has 0 radical (unpaired) electrons. The molecule has 1 unspecified atom stereocenters. The topological polar surface area (TPSA) is 12.0 Å². The summed E-state index contributed by atoms with van der Waals surface area (Å²) in [5.41, 5.74) is 0. The third-order valence-corrected chi connectivity index (χ3v) is 4.68. The highest BCUT2D eigenvalue weighted by Gasteiger charge is 2.26. The van der Waals surface area contributed by atoms with Crippen LogP contribution in [-0.4, -0.2) is 49.1 Å². The minimum absolute atomic E-state index is 0.602. The van der Waals surface area contributed by atoms with Crippen molar-refractivity contribution >= 4 is 15.9 Å². The van der Waals surface area contributed by atoms with Gasteiger partial charge < -0.3 is 9.80 Å². The van der Waals surface area contributed by atoms with Crippen LogP contribution in [0, 0.1) is 5.92 Å². The van der Waals surface area contributed by atoms with Crippen LogP contribution >= 0.6 is 15.9 Å². The molecule has 0 saturated heterocycles. The Balaban J connectivity index is 2.21. The third-order valence-electron chi connectivity index (χ3n) is 3.93. The molecule has 0 spiro atoms. The minimum atomic E-state index is 0.602. The van der Waals surface area contributed by atoms with Gasteiger partial charge in [0.2, 0.25) is 0 Å². The van der Waals surface area contributed by atoms with Crippen LogP contribution in [0.2, 0.25) is 0 Å². The third kappa shape index (κ3) is 7.10. The highest BCUT2D eigenvalue weighted by molar-refractivity contribution is 9.09. The van der Waals surface area contributed by atoms with Gasteiger partial charge >= 0.3 is 0 Å². The summed E-state index contributed by atoms with van der Waals surface area (Å²) < 4.78 is 1.17. The van der Waals surface area contributed by atoms with Crippen LogP contribution in [0.25, 0.3) is 0 Å². The highest BCUT2D eigenvalue weighted by atomic mass is 79.9. The molecular weight excluding hydrogens is 288 g/mol. The fourth-order valence-electron chi connectivity index (χ4n) is 3.12. The van der Waals surface area contributed by atoms with E-state index >= 15 is 0 Å². The van der Waals surface area contributed by atoms with Crippen molar-refractivity contribution < 1.29 is 4.48 Å². The molecule has 0 heterocycles. The molecule has 18 heavy (non-hydrogen) atoms. The number of nitrogens with zero attached hydrogens (tertiary/aromatic N) is 1. The lowest BCUT2D eigenvalue weighted by molar-refractivity contribution is -0.893. The number of nitrogens with one attached hydrogen (secondary N) is 1. The van der Waals surface area contributed by atoms with E-state index in [2.05, 4.69) is 49.2 Å². The molecule has 0 aromatic carbocycles. The largest absolute Gasteiger partial charge is 0.327 e. The zero-order valence-corrected chi connectivity index (χ0v) is 14.3. The first-order valence-electron chi connectivity index (χ1n) is 7.58. The van der Waals surface area contributed by atoms with Crippen LogP contribution < -0.4 is 5.32 Å². The smallest absolute Gasteiger partial charge is 0.0910 e. The van der Waals surface area contributed by atoms with Gasteiger partial charge in [-0.2, -0.15) is 0 Å². The van der Waals surface area contributed by atoms with Gasteiger partial charge in [-0.05, 0) is 25.8 Å². The number of quaternary nitrogens is 1. The summed E-state index contributed by atoms with van der Waals surface area (Å²) in [6, 6.07) is 0.602. The molecule has 2 nitrogen and oxygen atoms in total. The molecule has 3 heteroatoms. The molecule has 1 aliphatic carbocycles. The molecule has 0 bridgehead atoms. The van der Waals surface area contributed by atoms with Crippen molar-refractivity contribution in [2.45, 2.75) is 56.8 Å². The van der Waals surface area contributed by atoms with Crippen molar-refractivity contribution in [3.63, 3.8) is 0 Å². The number of hydrogen-bond donors (Lipinski definition) is 1. The Bertz CT molecular complexity index is 223. The summed E-state index contributed by atoms with van der Waals surface area (Å²) in [5.74, 6) is 0.980. The predicted molar refractivity (Wildman–Crippen MR) is 84.3 cm³/mol. The van der Waals surface area contributed by atoms with E-state index in [1.54, 1.807) is 0 Å². The standard InChI is InChI=1S/C15H32BrN2/c1-13(2)17-10-9-15(16)12-18(3,4)11-14-7-5-6-8-14/h13-15,17H,5-12H2,1-4H3/q+1. The summed E-state index contributed by atoms with van der Waals surface area (Å²) in [7, 11) is 4.78. The van der Waals surface area contributed by atoms with Gasteiger partial charge in [0, 0.05) is 12.0 Å². The second-order valence-electron chi connectivity index (χ2n) is 6.95. The normalized spacial score (nSPS) is 19.7. The van der Waals surface area contributed by atoms with Gasteiger partial charge in [-0.15, -0.1) is 0 Å². The van der Waals surface area contributed by atoms with E-state index in [4.69, 9.17) is 0 Å². The summed E-state index contributed by atoms with van der Waals surface area (Å²) in [5, 5.41) is 3.50. The van der Waals surface area contributed by atoms with Gasteiger partial charge in [-0.3, -0.25) is 0 Å². The van der Waals surface area contributed by atoms with Crippen molar-refractivity contribution in [2.24, 2.45) is 5.92 Å². The van der Waals surface area contributed by atoms with E-state index in [0.29, 0.717) is 10.9 Å². The highest BCUT2D eigenvalue weighted by Crippen LogP contribution is 2.27. The van der Waals surface area contributed by atoms with Crippen LogP contribution in [0.15, 0.2) is 0 Å². The molecular formula is C15H32BrN2+. The van der Waals surface area contributed by atoms with Crippen LogP contribution in [0.5, 0.6) is 0 Å². The lowest BCUT2D eigenvalue weighted by atomic mass is 10.1.